The molecule has 2 N–H and O–H groups in total. The Labute approximate surface area is 232 Å². The number of ketones is 1. The van der Waals surface area contributed by atoms with Crippen molar-refractivity contribution in [1.82, 2.24) is 9.97 Å². The first-order valence-electron chi connectivity index (χ1n) is 13.0. The number of carbonyl (C=O) groups excluding carboxylic acids is 2. The van der Waals surface area contributed by atoms with Gasteiger partial charge in [0.05, 0.1) is 43.5 Å². The molecule has 0 spiro atoms. The molecule has 4 aromatic rings. The van der Waals surface area contributed by atoms with Crippen molar-refractivity contribution in [2.75, 3.05) is 25.7 Å². The van der Waals surface area contributed by atoms with Gasteiger partial charge in [-0.15, -0.1) is 0 Å². The van der Waals surface area contributed by atoms with Crippen molar-refractivity contribution in [1.29, 1.82) is 0 Å². The number of anilines is 1. The van der Waals surface area contributed by atoms with Crippen LogP contribution in [0.4, 0.5) is 5.95 Å². The van der Waals surface area contributed by atoms with Crippen LogP contribution in [0.1, 0.15) is 49.4 Å². The first-order chi connectivity index (χ1) is 19.3. The monoisotopic (exact) mass is 541 g/mol. The number of amides is 1. The normalized spacial score (nSPS) is 16.6. The highest BCUT2D eigenvalue weighted by Crippen LogP contribution is 2.44. The molecule has 1 amide bonds. The molecule has 9 heteroatoms. The number of aromatic amines is 1. The summed E-state index contributed by atoms with van der Waals surface area (Å²) < 4.78 is 16.7. The predicted octanol–water partition coefficient (Wildman–Crippen LogP) is 5.73. The highest BCUT2D eigenvalue weighted by molar-refractivity contribution is 6.51. The molecule has 0 radical (unpaired) electrons. The Balaban J connectivity index is 1.74. The van der Waals surface area contributed by atoms with Crippen molar-refractivity contribution in [2.24, 2.45) is 0 Å². The summed E-state index contributed by atoms with van der Waals surface area (Å²) in [6, 6.07) is 16.7. The summed E-state index contributed by atoms with van der Waals surface area (Å²) in [5.41, 5.74) is 3.10. The number of nitrogens with zero attached hydrogens (tertiary/aromatic N) is 2. The number of carbonyl (C=O) groups is 2. The zero-order chi connectivity index (χ0) is 28.6. The van der Waals surface area contributed by atoms with Crippen molar-refractivity contribution in [3.8, 4) is 17.2 Å². The predicted molar refractivity (Wildman–Crippen MR) is 152 cm³/mol. The molecular formula is C31H31N3O6. The summed E-state index contributed by atoms with van der Waals surface area (Å²) in [5, 5.41) is 11.7. The Morgan fingerprint density at radius 2 is 1.73 bits per heavy atom. The molecule has 0 saturated carbocycles. The number of hydrogen-bond donors (Lipinski definition) is 2. The number of nitrogens with one attached hydrogen (secondary N) is 1. The summed E-state index contributed by atoms with van der Waals surface area (Å²) in [7, 11) is 3.03. The molecule has 1 atom stereocenters. The Hall–Kier alpha value is -4.79. The van der Waals surface area contributed by atoms with Gasteiger partial charge in [-0.05, 0) is 66.4 Å². The summed E-state index contributed by atoms with van der Waals surface area (Å²) in [6.07, 6.45) is 0. The Kier molecular flexibility index (Phi) is 7.21. The van der Waals surface area contributed by atoms with E-state index in [1.54, 1.807) is 36.4 Å². The molecular weight excluding hydrogens is 510 g/mol. The minimum atomic E-state index is -0.991. The summed E-state index contributed by atoms with van der Waals surface area (Å²) in [4.78, 5) is 36.3. The third-order valence-electron chi connectivity index (χ3n) is 6.98. The molecule has 1 aliphatic heterocycles. The SMILES string of the molecule is CCOc1ccc(/C(O)=C2\C(=O)C(=O)N(c3nc4ccccc4[nH]3)C2c2ccc(OC)c(OC)c2)cc1C(C)C. The van der Waals surface area contributed by atoms with Gasteiger partial charge in [0.1, 0.15) is 11.5 Å². The Morgan fingerprint density at radius 1 is 1.00 bits per heavy atom. The quantitative estimate of drug-likeness (QED) is 0.166. The number of Topliss-reactive ketones (excluding diaryl/α,β-unsaturated/α-hetero) is 1. The number of rotatable bonds is 8. The molecule has 206 valence electrons. The number of benzene rings is 3. The maximum atomic E-state index is 13.6. The fourth-order valence-corrected chi connectivity index (χ4v) is 5.03. The van der Waals surface area contributed by atoms with Crippen molar-refractivity contribution < 1.29 is 28.9 Å². The number of H-pyrrole nitrogens is 1. The lowest BCUT2D eigenvalue weighted by molar-refractivity contribution is -0.132. The van der Waals surface area contributed by atoms with Crippen LogP contribution in [-0.4, -0.2) is 47.6 Å². The van der Waals surface area contributed by atoms with Gasteiger partial charge in [-0.25, -0.2) is 4.98 Å². The van der Waals surface area contributed by atoms with Gasteiger partial charge >= 0.3 is 5.91 Å². The maximum absolute atomic E-state index is 13.6. The summed E-state index contributed by atoms with van der Waals surface area (Å²) in [5.74, 6) is -0.0352. The molecule has 1 saturated heterocycles. The zero-order valence-electron chi connectivity index (χ0n) is 23.0. The van der Waals surface area contributed by atoms with Crippen molar-refractivity contribution in [2.45, 2.75) is 32.7 Å². The number of hydrogen-bond acceptors (Lipinski definition) is 7. The van der Waals surface area contributed by atoms with Crippen LogP contribution >= 0.6 is 0 Å². The van der Waals surface area contributed by atoms with Crippen LogP contribution < -0.4 is 19.1 Å². The number of para-hydroxylation sites is 2. The van der Waals surface area contributed by atoms with E-state index in [9.17, 15) is 14.7 Å². The second-order valence-electron chi connectivity index (χ2n) is 9.70. The summed E-state index contributed by atoms with van der Waals surface area (Å²) in [6.45, 7) is 6.44. The van der Waals surface area contributed by atoms with E-state index < -0.39 is 17.7 Å². The van der Waals surface area contributed by atoms with Crippen LogP contribution in [0.5, 0.6) is 17.2 Å². The van der Waals surface area contributed by atoms with Gasteiger partial charge in [0.2, 0.25) is 5.95 Å². The minimum absolute atomic E-state index is 0.0588. The number of ether oxygens (including phenoxy) is 3. The van der Waals surface area contributed by atoms with Crippen LogP contribution in [0.25, 0.3) is 16.8 Å². The lowest BCUT2D eigenvalue weighted by atomic mass is 9.93. The number of aromatic nitrogens is 2. The Bertz CT molecular complexity index is 1600. The molecule has 2 heterocycles. The van der Waals surface area contributed by atoms with Crippen LogP contribution in [0.2, 0.25) is 0 Å². The van der Waals surface area contributed by atoms with E-state index in [1.165, 1.54) is 19.1 Å². The van der Waals surface area contributed by atoms with E-state index in [2.05, 4.69) is 9.97 Å². The molecule has 0 aliphatic carbocycles. The molecule has 1 unspecified atom stereocenters. The maximum Gasteiger partial charge on any atom is 0.302 e. The molecule has 9 nitrogen and oxygen atoms in total. The second-order valence-corrected chi connectivity index (χ2v) is 9.70. The average Bonchev–Trinajstić information content (AvgIpc) is 3.50. The molecule has 1 fully saturated rings. The highest BCUT2D eigenvalue weighted by Gasteiger charge is 2.48. The fourth-order valence-electron chi connectivity index (χ4n) is 5.03. The van der Waals surface area contributed by atoms with E-state index in [0.29, 0.717) is 46.0 Å². The van der Waals surface area contributed by atoms with Crippen LogP contribution in [0.3, 0.4) is 0 Å². The first-order valence-corrected chi connectivity index (χ1v) is 13.0. The van der Waals surface area contributed by atoms with Gasteiger partial charge < -0.3 is 24.3 Å². The third-order valence-corrected chi connectivity index (χ3v) is 6.98. The van der Waals surface area contributed by atoms with E-state index in [1.807, 2.05) is 45.0 Å². The number of imidazole rings is 1. The largest absolute Gasteiger partial charge is 0.507 e. The van der Waals surface area contributed by atoms with Crippen LogP contribution in [0, 0.1) is 0 Å². The Morgan fingerprint density at radius 3 is 2.40 bits per heavy atom. The molecule has 1 aliphatic rings. The standard InChI is InChI=1S/C31H31N3O6/c1-6-40-23-13-12-19(15-20(23)17(2)3)28(35)26-27(18-11-14-24(38-4)25(16-18)39-5)34(30(37)29(26)36)31-32-21-9-7-8-10-22(21)33-31/h7-17,27,35H,6H2,1-5H3,(H,32,33)/b28-26+. The molecule has 3 aromatic carbocycles. The van der Waals surface area contributed by atoms with E-state index in [4.69, 9.17) is 14.2 Å². The number of aliphatic hydroxyl groups excluding tert-OH is 1. The smallest absolute Gasteiger partial charge is 0.302 e. The van der Waals surface area contributed by atoms with Gasteiger partial charge in [-0.2, -0.15) is 0 Å². The van der Waals surface area contributed by atoms with Crippen molar-refractivity contribution in [3.05, 3.63) is 82.9 Å². The number of fused-ring (bicyclic) bond motifs is 1. The van der Waals surface area contributed by atoms with Crippen molar-refractivity contribution >= 4 is 34.4 Å². The van der Waals surface area contributed by atoms with Gasteiger partial charge in [0.25, 0.3) is 5.78 Å². The second kappa shape index (κ2) is 10.8. The van der Waals surface area contributed by atoms with E-state index in [0.717, 1.165) is 5.56 Å². The minimum Gasteiger partial charge on any atom is -0.507 e. The van der Waals surface area contributed by atoms with E-state index >= 15 is 0 Å². The van der Waals surface area contributed by atoms with E-state index in [-0.39, 0.29) is 23.2 Å². The lowest BCUT2D eigenvalue weighted by Gasteiger charge is -2.24. The number of aliphatic hydroxyl groups is 1. The average molecular weight is 542 g/mol. The number of methoxy groups -OCH3 is 2. The summed E-state index contributed by atoms with van der Waals surface area (Å²) >= 11 is 0. The fraction of sp³-hybridized carbons (Fsp3) is 0.258. The molecule has 1 aromatic heterocycles. The highest BCUT2D eigenvalue weighted by atomic mass is 16.5. The molecule has 5 rings (SSSR count). The third kappa shape index (κ3) is 4.53. The van der Waals surface area contributed by atoms with Gasteiger partial charge in [0.15, 0.2) is 11.5 Å². The molecule has 40 heavy (non-hydrogen) atoms. The van der Waals surface area contributed by atoms with Crippen LogP contribution in [0.15, 0.2) is 66.2 Å². The van der Waals surface area contributed by atoms with Crippen molar-refractivity contribution in [3.63, 3.8) is 0 Å². The first kappa shape index (κ1) is 26.8. The van der Waals surface area contributed by atoms with Gasteiger partial charge in [0, 0.05) is 5.56 Å². The van der Waals surface area contributed by atoms with Crippen LogP contribution in [-0.2, 0) is 9.59 Å². The van der Waals surface area contributed by atoms with Gasteiger partial charge in [-0.3, -0.25) is 14.5 Å². The lowest BCUT2D eigenvalue weighted by Crippen LogP contribution is -2.30. The zero-order valence-corrected chi connectivity index (χ0v) is 23.0. The topological polar surface area (TPSA) is 114 Å². The van der Waals surface area contributed by atoms with Gasteiger partial charge in [-0.1, -0.05) is 32.0 Å². The molecule has 0 bridgehead atoms.